The molecule has 1 aromatic carbocycles. The third-order valence-electron chi connectivity index (χ3n) is 4.07. The molecule has 2 aromatic heterocycles. The topological polar surface area (TPSA) is 98.7 Å². The van der Waals surface area contributed by atoms with Gasteiger partial charge in [-0.1, -0.05) is 48.9 Å². The first-order valence-corrected chi connectivity index (χ1v) is 9.87. The predicted octanol–water partition coefficient (Wildman–Crippen LogP) is 3.38. The highest BCUT2D eigenvalue weighted by Crippen LogP contribution is 2.40. The maximum absolute atomic E-state index is 12.2. The number of para-hydroxylation sites is 1. The minimum atomic E-state index is -0.233. The van der Waals surface area contributed by atoms with E-state index in [1.807, 2.05) is 48.9 Å². The van der Waals surface area contributed by atoms with Gasteiger partial charge >= 0.3 is 6.01 Å². The molecule has 140 valence electrons. The fourth-order valence-electron chi connectivity index (χ4n) is 2.53. The van der Waals surface area contributed by atoms with Crippen molar-refractivity contribution in [1.82, 2.24) is 25.0 Å². The van der Waals surface area contributed by atoms with Crippen LogP contribution in [0.3, 0.4) is 0 Å². The van der Waals surface area contributed by atoms with Crippen molar-refractivity contribution >= 4 is 23.7 Å². The van der Waals surface area contributed by atoms with E-state index in [4.69, 9.17) is 4.42 Å². The summed E-state index contributed by atoms with van der Waals surface area (Å²) in [5.74, 6) is 1.96. The number of thioether (sulfide) groups is 1. The molecule has 0 saturated heterocycles. The van der Waals surface area contributed by atoms with Crippen LogP contribution in [0.1, 0.15) is 50.2 Å². The standard InChI is InChI=1S/C18H20N6O2S/c1-11(2)16-21-22-17(26-16)19-14(25)10-27-18-20-15(12-8-9-12)24(23-18)13-6-4-3-5-7-13/h3-7,11-12H,8-10H2,1-2H3,(H,19,22,25). The van der Waals surface area contributed by atoms with Crippen LogP contribution in [0.25, 0.3) is 5.69 Å². The highest BCUT2D eigenvalue weighted by atomic mass is 32.2. The molecule has 1 aliphatic rings. The molecule has 1 fully saturated rings. The number of benzene rings is 1. The Balaban J connectivity index is 1.41. The van der Waals surface area contributed by atoms with E-state index in [9.17, 15) is 4.79 Å². The highest BCUT2D eigenvalue weighted by Gasteiger charge is 2.30. The van der Waals surface area contributed by atoms with Gasteiger partial charge in [-0.3, -0.25) is 10.1 Å². The van der Waals surface area contributed by atoms with Crippen molar-refractivity contribution in [3.63, 3.8) is 0 Å². The van der Waals surface area contributed by atoms with Crippen LogP contribution in [-0.4, -0.2) is 36.6 Å². The van der Waals surface area contributed by atoms with Crippen molar-refractivity contribution in [3.8, 4) is 5.69 Å². The van der Waals surface area contributed by atoms with Crippen LogP contribution in [0.5, 0.6) is 0 Å². The summed E-state index contributed by atoms with van der Waals surface area (Å²) in [6.07, 6.45) is 2.26. The first-order chi connectivity index (χ1) is 13.1. The maximum atomic E-state index is 12.2. The molecule has 0 aliphatic heterocycles. The lowest BCUT2D eigenvalue weighted by Gasteiger charge is -2.03. The minimum absolute atomic E-state index is 0.115. The first kappa shape index (κ1) is 17.7. The number of rotatable bonds is 7. The molecule has 0 atom stereocenters. The van der Waals surface area contributed by atoms with Crippen molar-refractivity contribution in [2.24, 2.45) is 0 Å². The average molecular weight is 384 g/mol. The lowest BCUT2D eigenvalue weighted by atomic mass is 10.2. The fraction of sp³-hybridized carbons (Fsp3) is 0.389. The van der Waals surface area contributed by atoms with E-state index in [0.717, 1.165) is 24.4 Å². The molecule has 0 bridgehead atoms. The summed E-state index contributed by atoms with van der Waals surface area (Å²) in [6.45, 7) is 3.89. The fourth-order valence-corrected chi connectivity index (χ4v) is 3.16. The number of nitrogens with zero attached hydrogens (tertiary/aromatic N) is 5. The summed E-state index contributed by atoms with van der Waals surface area (Å²) in [7, 11) is 0. The molecule has 1 N–H and O–H groups in total. The smallest absolute Gasteiger partial charge is 0.322 e. The summed E-state index contributed by atoms with van der Waals surface area (Å²) in [5.41, 5.74) is 0.982. The van der Waals surface area contributed by atoms with Crippen LogP contribution in [0, 0.1) is 0 Å². The quantitative estimate of drug-likeness (QED) is 0.623. The summed E-state index contributed by atoms with van der Waals surface area (Å²) in [5, 5.41) is 15.5. The molecule has 27 heavy (non-hydrogen) atoms. The SMILES string of the molecule is CC(C)c1nnc(NC(=O)CSc2nc(C3CC3)n(-c3ccccc3)n2)o1. The van der Waals surface area contributed by atoms with Gasteiger partial charge in [0.05, 0.1) is 11.4 Å². The number of hydrogen-bond donors (Lipinski definition) is 1. The average Bonchev–Trinajstić information content (AvgIpc) is 3.25. The number of hydrogen-bond acceptors (Lipinski definition) is 7. The molecule has 0 radical (unpaired) electrons. The second kappa shape index (κ2) is 7.51. The van der Waals surface area contributed by atoms with E-state index in [1.165, 1.54) is 11.8 Å². The Kier molecular flexibility index (Phi) is 4.93. The van der Waals surface area contributed by atoms with E-state index < -0.39 is 0 Å². The molecule has 2 heterocycles. The van der Waals surface area contributed by atoms with E-state index in [-0.39, 0.29) is 23.6 Å². The van der Waals surface area contributed by atoms with Gasteiger partial charge in [-0.2, -0.15) is 0 Å². The van der Waals surface area contributed by atoms with E-state index >= 15 is 0 Å². The Morgan fingerprint density at radius 1 is 1.30 bits per heavy atom. The molecule has 9 heteroatoms. The van der Waals surface area contributed by atoms with Gasteiger partial charge in [-0.05, 0) is 25.0 Å². The molecular weight excluding hydrogens is 364 g/mol. The van der Waals surface area contributed by atoms with Crippen LogP contribution in [0.15, 0.2) is 39.9 Å². The molecule has 1 amide bonds. The molecule has 3 aromatic rings. The Morgan fingerprint density at radius 2 is 2.07 bits per heavy atom. The van der Waals surface area contributed by atoms with Gasteiger partial charge in [0.1, 0.15) is 5.82 Å². The second-order valence-electron chi connectivity index (χ2n) is 6.71. The van der Waals surface area contributed by atoms with Crippen LogP contribution in [-0.2, 0) is 4.79 Å². The van der Waals surface area contributed by atoms with Gasteiger partial charge in [0.2, 0.25) is 17.0 Å². The van der Waals surface area contributed by atoms with E-state index in [1.54, 1.807) is 0 Å². The van der Waals surface area contributed by atoms with Gasteiger partial charge in [-0.15, -0.1) is 10.2 Å². The summed E-state index contributed by atoms with van der Waals surface area (Å²) in [4.78, 5) is 16.8. The molecular formula is C18H20N6O2S. The van der Waals surface area contributed by atoms with Crippen molar-refractivity contribution in [3.05, 3.63) is 42.0 Å². The molecule has 0 spiro atoms. The first-order valence-electron chi connectivity index (χ1n) is 8.88. The highest BCUT2D eigenvalue weighted by molar-refractivity contribution is 7.99. The molecule has 8 nitrogen and oxygen atoms in total. The van der Waals surface area contributed by atoms with Crippen LogP contribution in [0.4, 0.5) is 6.01 Å². The van der Waals surface area contributed by atoms with Crippen molar-refractivity contribution in [1.29, 1.82) is 0 Å². The molecule has 0 unspecified atom stereocenters. The van der Waals surface area contributed by atoms with E-state index in [2.05, 4.69) is 25.6 Å². The summed E-state index contributed by atoms with van der Waals surface area (Å²) in [6, 6.07) is 10.0. The summed E-state index contributed by atoms with van der Waals surface area (Å²) >= 11 is 1.29. The Morgan fingerprint density at radius 3 is 2.74 bits per heavy atom. The van der Waals surface area contributed by atoms with Gasteiger partial charge in [0.25, 0.3) is 0 Å². The third kappa shape index (κ3) is 4.19. The lowest BCUT2D eigenvalue weighted by molar-refractivity contribution is -0.113. The van der Waals surface area contributed by atoms with Gasteiger partial charge < -0.3 is 4.42 Å². The third-order valence-corrected chi connectivity index (χ3v) is 4.91. The predicted molar refractivity (Wildman–Crippen MR) is 101 cm³/mol. The number of anilines is 1. The van der Waals surface area contributed by atoms with Gasteiger partial charge in [0.15, 0.2) is 0 Å². The second-order valence-corrected chi connectivity index (χ2v) is 7.65. The van der Waals surface area contributed by atoms with E-state index in [0.29, 0.717) is 17.0 Å². The normalized spacial score (nSPS) is 13.9. The Hall–Kier alpha value is -2.68. The monoisotopic (exact) mass is 384 g/mol. The number of carbonyl (C=O) groups excluding carboxylic acids is 1. The van der Waals surface area contributed by atoms with Crippen LogP contribution < -0.4 is 5.32 Å². The maximum Gasteiger partial charge on any atom is 0.322 e. The van der Waals surface area contributed by atoms with Crippen molar-refractivity contribution in [2.75, 3.05) is 11.1 Å². The molecule has 4 rings (SSSR count). The molecule has 1 aliphatic carbocycles. The summed E-state index contributed by atoms with van der Waals surface area (Å²) < 4.78 is 7.27. The number of amides is 1. The lowest BCUT2D eigenvalue weighted by Crippen LogP contribution is -2.14. The van der Waals surface area contributed by atoms with Gasteiger partial charge in [0, 0.05) is 11.8 Å². The van der Waals surface area contributed by atoms with Gasteiger partial charge in [-0.25, -0.2) is 9.67 Å². The van der Waals surface area contributed by atoms with Crippen molar-refractivity contribution in [2.45, 2.75) is 43.7 Å². The van der Waals surface area contributed by atoms with Crippen LogP contribution >= 0.6 is 11.8 Å². The number of aromatic nitrogens is 5. The Bertz CT molecular complexity index is 932. The minimum Gasteiger partial charge on any atom is -0.408 e. The molecule has 1 saturated carbocycles. The zero-order valence-corrected chi connectivity index (χ0v) is 15.9. The van der Waals surface area contributed by atoms with Crippen molar-refractivity contribution < 1.29 is 9.21 Å². The zero-order valence-electron chi connectivity index (χ0n) is 15.1. The van der Waals surface area contributed by atoms with Crippen LogP contribution in [0.2, 0.25) is 0 Å². The Labute approximate surface area is 160 Å². The number of carbonyl (C=O) groups is 1. The largest absolute Gasteiger partial charge is 0.408 e. The zero-order chi connectivity index (χ0) is 18.8. The number of nitrogens with one attached hydrogen (secondary N) is 1.